The van der Waals surface area contributed by atoms with E-state index in [4.69, 9.17) is 20.0 Å². The number of hydrogen-bond acceptors (Lipinski definition) is 5. The summed E-state index contributed by atoms with van der Waals surface area (Å²) < 4.78 is 10.0. The summed E-state index contributed by atoms with van der Waals surface area (Å²) in [5, 5.41) is 26.9. The zero-order valence-electron chi connectivity index (χ0n) is 10.5. The van der Waals surface area contributed by atoms with E-state index in [0.717, 1.165) is 0 Å². The van der Waals surface area contributed by atoms with Crippen molar-refractivity contribution in [3.05, 3.63) is 35.4 Å². The van der Waals surface area contributed by atoms with E-state index in [1.165, 1.54) is 20.3 Å². The van der Waals surface area contributed by atoms with Crippen molar-refractivity contribution in [2.24, 2.45) is 0 Å². The maximum Gasteiger partial charge on any atom is 0.200 e. The number of phenolic OH excluding ortho intramolecular Hbond substituents is 1. The third-order valence-corrected chi connectivity index (χ3v) is 2.29. The van der Waals surface area contributed by atoms with Gasteiger partial charge in [-0.2, -0.15) is 10.5 Å². The summed E-state index contributed by atoms with van der Waals surface area (Å²) in [7, 11) is 2.87. The van der Waals surface area contributed by atoms with E-state index in [1.807, 2.05) is 0 Å². The van der Waals surface area contributed by atoms with Gasteiger partial charge < -0.3 is 14.6 Å². The third-order valence-electron chi connectivity index (χ3n) is 2.29. The summed E-state index contributed by atoms with van der Waals surface area (Å²) in [5.74, 6) is 0.486. The summed E-state index contributed by atoms with van der Waals surface area (Å²) in [4.78, 5) is 0. The van der Waals surface area contributed by atoms with Crippen LogP contribution in [0.1, 0.15) is 5.56 Å². The molecule has 0 fully saturated rings. The molecular formula is C14H12N2O3. The molecule has 0 saturated heterocycles. The number of allylic oxidation sites excluding steroid dienone is 3. The van der Waals surface area contributed by atoms with Crippen molar-refractivity contribution in [1.82, 2.24) is 0 Å². The highest BCUT2D eigenvalue weighted by Crippen LogP contribution is 2.37. The Morgan fingerprint density at radius 1 is 1.16 bits per heavy atom. The molecule has 0 radical (unpaired) electrons. The first kappa shape index (κ1) is 14.1. The fourth-order valence-corrected chi connectivity index (χ4v) is 1.36. The van der Waals surface area contributed by atoms with Crippen molar-refractivity contribution in [2.75, 3.05) is 14.2 Å². The highest BCUT2D eigenvalue weighted by Gasteiger charge is 2.09. The van der Waals surface area contributed by atoms with Crippen LogP contribution < -0.4 is 9.47 Å². The molecule has 0 saturated carbocycles. The van der Waals surface area contributed by atoms with Crippen LogP contribution in [0.25, 0.3) is 6.08 Å². The average Bonchev–Trinajstić information content (AvgIpc) is 2.44. The Balaban J connectivity index is 3.10. The van der Waals surface area contributed by atoms with E-state index in [9.17, 15) is 5.11 Å². The van der Waals surface area contributed by atoms with Gasteiger partial charge in [0.1, 0.15) is 17.7 Å². The van der Waals surface area contributed by atoms with Crippen LogP contribution in [0.15, 0.2) is 29.9 Å². The second kappa shape index (κ2) is 6.73. The van der Waals surface area contributed by atoms with Crippen molar-refractivity contribution < 1.29 is 14.6 Å². The average molecular weight is 256 g/mol. The van der Waals surface area contributed by atoms with Gasteiger partial charge in [0.25, 0.3) is 0 Å². The molecule has 0 atom stereocenters. The first-order chi connectivity index (χ1) is 9.15. The van der Waals surface area contributed by atoms with Gasteiger partial charge in [-0.15, -0.1) is 0 Å². The van der Waals surface area contributed by atoms with Crippen molar-refractivity contribution in [1.29, 1.82) is 10.5 Å². The summed E-state index contributed by atoms with van der Waals surface area (Å²) in [6.45, 7) is 0. The Morgan fingerprint density at radius 2 is 1.68 bits per heavy atom. The predicted octanol–water partition coefficient (Wildman–Crippen LogP) is 2.40. The van der Waals surface area contributed by atoms with E-state index in [1.54, 1.807) is 36.4 Å². The SMILES string of the molecule is COc1cc(C=CC=C(C#N)C#N)cc(OC)c1O. The monoisotopic (exact) mass is 256 g/mol. The minimum atomic E-state index is -0.0765. The van der Waals surface area contributed by atoms with Crippen LogP contribution in [0.4, 0.5) is 0 Å². The Bertz CT molecular complexity index is 563. The molecule has 1 rings (SSSR count). The molecule has 96 valence electrons. The van der Waals surface area contributed by atoms with Gasteiger partial charge in [0, 0.05) is 0 Å². The predicted molar refractivity (Wildman–Crippen MR) is 69.6 cm³/mol. The van der Waals surface area contributed by atoms with E-state index in [0.29, 0.717) is 5.56 Å². The summed E-state index contributed by atoms with van der Waals surface area (Å²) in [6, 6.07) is 6.73. The van der Waals surface area contributed by atoms with Gasteiger partial charge in [0.05, 0.1) is 14.2 Å². The zero-order chi connectivity index (χ0) is 14.3. The molecule has 0 amide bonds. The third kappa shape index (κ3) is 3.52. The first-order valence-electron chi connectivity index (χ1n) is 5.29. The van der Waals surface area contributed by atoms with E-state index < -0.39 is 0 Å². The number of benzene rings is 1. The second-order valence-electron chi connectivity index (χ2n) is 3.44. The number of phenols is 1. The minimum absolute atomic E-state index is 0.00829. The highest BCUT2D eigenvalue weighted by atomic mass is 16.5. The van der Waals surface area contributed by atoms with Crippen LogP contribution in [0.5, 0.6) is 17.2 Å². The largest absolute Gasteiger partial charge is 0.502 e. The number of ether oxygens (including phenoxy) is 2. The number of methoxy groups -OCH3 is 2. The van der Waals surface area contributed by atoms with Gasteiger partial charge in [-0.05, 0) is 23.8 Å². The first-order valence-corrected chi connectivity index (χ1v) is 5.29. The maximum absolute atomic E-state index is 9.73. The topological polar surface area (TPSA) is 86.3 Å². The summed E-state index contributed by atoms with van der Waals surface area (Å²) in [6.07, 6.45) is 4.62. The van der Waals surface area contributed by atoms with Gasteiger partial charge in [0.15, 0.2) is 11.5 Å². The van der Waals surface area contributed by atoms with Crippen molar-refractivity contribution in [3.8, 4) is 29.4 Å². The minimum Gasteiger partial charge on any atom is -0.502 e. The van der Waals surface area contributed by atoms with Crippen molar-refractivity contribution >= 4 is 6.08 Å². The molecule has 0 spiro atoms. The van der Waals surface area contributed by atoms with E-state index in [-0.39, 0.29) is 22.8 Å². The lowest BCUT2D eigenvalue weighted by Gasteiger charge is -2.09. The number of hydrogen-bond donors (Lipinski definition) is 1. The lowest BCUT2D eigenvalue weighted by atomic mass is 10.1. The number of nitriles is 2. The normalized spacial score (nSPS) is 9.47. The number of nitrogens with zero attached hydrogens (tertiary/aromatic N) is 2. The maximum atomic E-state index is 9.73. The van der Waals surface area contributed by atoms with Gasteiger partial charge >= 0.3 is 0 Å². The van der Waals surface area contributed by atoms with Crippen molar-refractivity contribution in [3.63, 3.8) is 0 Å². The second-order valence-corrected chi connectivity index (χ2v) is 3.44. The molecule has 0 aromatic heterocycles. The van der Waals surface area contributed by atoms with Crippen LogP contribution in [0, 0.1) is 22.7 Å². The van der Waals surface area contributed by atoms with Crippen LogP contribution in [0.2, 0.25) is 0 Å². The van der Waals surface area contributed by atoms with Crippen LogP contribution in [0.3, 0.4) is 0 Å². The fourth-order valence-electron chi connectivity index (χ4n) is 1.36. The Morgan fingerprint density at radius 3 is 2.11 bits per heavy atom. The molecule has 0 aliphatic rings. The zero-order valence-corrected chi connectivity index (χ0v) is 10.5. The van der Waals surface area contributed by atoms with E-state index in [2.05, 4.69) is 0 Å². The van der Waals surface area contributed by atoms with Crippen LogP contribution >= 0.6 is 0 Å². The van der Waals surface area contributed by atoms with Crippen molar-refractivity contribution in [2.45, 2.75) is 0 Å². The molecule has 1 aromatic rings. The molecule has 1 N–H and O–H groups in total. The summed E-state index contributed by atoms with van der Waals surface area (Å²) >= 11 is 0. The summed E-state index contributed by atoms with van der Waals surface area (Å²) in [5.41, 5.74) is 0.715. The number of aromatic hydroxyl groups is 1. The molecule has 5 heteroatoms. The fraction of sp³-hybridized carbons (Fsp3) is 0.143. The molecule has 0 unspecified atom stereocenters. The standard InChI is InChI=1S/C14H12N2O3/c1-18-12-6-10(7-13(19-2)14(12)17)4-3-5-11(8-15)9-16/h3-7,17H,1-2H3. The highest BCUT2D eigenvalue weighted by molar-refractivity contribution is 5.62. The number of rotatable bonds is 4. The Labute approximate surface area is 111 Å². The smallest absolute Gasteiger partial charge is 0.200 e. The molecule has 1 aromatic carbocycles. The molecule has 0 bridgehead atoms. The molecule has 0 aliphatic carbocycles. The van der Waals surface area contributed by atoms with Gasteiger partial charge in [0.2, 0.25) is 5.75 Å². The lowest BCUT2D eigenvalue weighted by Crippen LogP contribution is -1.90. The lowest BCUT2D eigenvalue weighted by molar-refractivity contribution is 0.340. The van der Waals surface area contributed by atoms with Gasteiger partial charge in [-0.1, -0.05) is 12.2 Å². The van der Waals surface area contributed by atoms with E-state index >= 15 is 0 Å². The van der Waals surface area contributed by atoms with Gasteiger partial charge in [-0.25, -0.2) is 0 Å². The van der Waals surface area contributed by atoms with Gasteiger partial charge in [-0.3, -0.25) is 0 Å². The molecule has 19 heavy (non-hydrogen) atoms. The quantitative estimate of drug-likeness (QED) is 0.660. The van der Waals surface area contributed by atoms with Crippen LogP contribution in [-0.4, -0.2) is 19.3 Å². The molecule has 0 heterocycles. The Kier molecular flexibility index (Phi) is 5.01. The Hall–Kier alpha value is -2.92. The molecule has 0 aliphatic heterocycles. The molecule has 5 nitrogen and oxygen atoms in total. The van der Waals surface area contributed by atoms with Crippen LogP contribution in [-0.2, 0) is 0 Å². The molecular weight excluding hydrogens is 244 g/mol.